The maximum atomic E-state index is 10.9. The summed E-state index contributed by atoms with van der Waals surface area (Å²) in [7, 11) is 0. The standard InChI is InChI=1S/C17H19NO2S/c1-11-2-7-16(21-11)14-8-9-18-15(10-14)12-3-5-13(6-4-12)17(19)20/h2-7,14-15,18H,8-10H2,1H3,(H,19,20)/t14?,15-/m0/s1. The normalized spacial score (nSPS) is 22.1. The Balaban J connectivity index is 1.75. The molecular formula is C17H19NO2S. The molecule has 0 aliphatic carbocycles. The Morgan fingerprint density at radius 2 is 2.00 bits per heavy atom. The number of piperidine rings is 1. The van der Waals surface area contributed by atoms with Gasteiger partial charge in [0.2, 0.25) is 0 Å². The highest BCUT2D eigenvalue weighted by molar-refractivity contribution is 7.12. The van der Waals surface area contributed by atoms with Gasteiger partial charge in [-0.2, -0.15) is 0 Å². The van der Waals surface area contributed by atoms with Gasteiger partial charge in [0.25, 0.3) is 0 Å². The highest BCUT2D eigenvalue weighted by atomic mass is 32.1. The second-order valence-electron chi connectivity index (χ2n) is 5.60. The van der Waals surface area contributed by atoms with Gasteiger partial charge in [0, 0.05) is 15.8 Å². The van der Waals surface area contributed by atoms with Crippen molar-refractivity contribution in [2.75, 3.05) is 6.54 Å². The molecule has 1 unspecified atom stereocenters. The van der Waals surface area contributed by atoms with Gasteiger partial charge >= 0.3 is 5.97 Å². The van der Waals surface area contributed by atoms with Crippen LogP contribution in [0.15, 0.2) is 36.4 Å². The number of hydrogen-bond donors (Lipinski definition) is 2. The SMILES string of the molecule is Cc1ccc(C2CCN[C@H](c3ccc(C(=O)O)cc3)C2)s1. The fourth-order valence-corrected chi connectivity index (χ4v) is 3.99. The van der Waals surface area contributed by atoms with E-state index in [0.717, 1.165) is 13.0 Å². The van der Waals surface area contributed by atoms with E-state index in [1.807, 2.05) is 23.5 Å². The summed E-state index contributed by atoms with van der Waals surface area (Å²) in [6, 6.07) is 12.0. The van der Waals surface area contributed by atoms with Gasteiger partial charge in [-0.25, -0.2) is 4.79 Å². The molecule has 3 rings (SSSR count). The Bertz CT molecular complexity index is 632. The van der Waals surface area contributed by atoms with E-state index in [2.05, 4.69) is 24.4 Å². The summed E-state index contributed by atoms with van der Waals surface area (Å²) in [5.41, 5.74) is 1.53. The largest absolute Gasteiger partial charge is 0.478 e. The summed E-state index contributed by atoms with van der Waals surface area (Å²) < 4.78 is 0. The Morgan fingerprint density at radius 1 is 1.24 bits per heavy atom. The minimum atomic E-state index is -0.870. The average molecular weight is 301 g/mol. The highest BCUT2D eigenvalue weighted by Crippen LogP contribution is 2.37. The molecule has 2 heterocycles. The third-order valence-electron chi connectivity index (χ3n) is 4.13. The third-order valence-corrected chi connectivity index (χ3v) is 5.29. The van der Waals surface area contributed by atoms with E-state index in [4.69, 9.17) is 5.11 Å². The number of thiophene rings is 1. The van der Waals surface area contributed by atoms with E-state index < -0.39 is 5.97 Å². The molecule has 0 bridgehead atoms. The van der Waals surface area contributed by atoms with Crippen LogP contribution in [0.3, 0.4) is 0 Å². The van der Waals surface area contributed by atoms with Gasteiger partial charge in [-0.1, -0.05) is 12.1 Å². The first kappa shape index (κ1) is 14.3. The fourth-order valence-electron chi connectivity index (χ4n) is 2.96. The number of rotatable bonds is 3. The first-order chi connectivity index (χ1) is 10.1. The lowest BCUT2D eigenvalue weighted by molar-refractivity contribution is 0.0697. The minimum Gasteiger partial charge on any atom is -0.478 e. The molecule has 1 saturated heterocycles. The van der Waals surface area contributed by atoms with E-state index >= 15 is 0 Å². The molecule has 1 aliphatic rings. The van der Waals surface area contributed by atoms with Crippen LogP contribution in [0.5, 0.6) is 0 Å². The molecule has 0 amide bonds. The van der Waals surface area contributed by atoms with Crippen LogP contribution in [0.1, 0.15) is 50.5 Å². The molecule has 21 heavy (non-hydrogen) atoms. The maximum Gasteiger partial charge on any atom is 0.335 e. The topological polar surface area (TPSA) is 49.3 Å². The molecule has 110 valence electrons. The molecule has 2 atom stereocenters. The maximum absolute atomic E-state index is 10.9. The van der Waals surface area contributed by atoms with Crippen molar-refractivity contribution in [2.24, 2.45) is 0 Å². The van der Waals surface area contributed by atoms with Gasteiger partial charge in [-0.3, -0.25) is 0 Å². The zero-order valence-corrected chi connectivity index (χ0v) is 12.8. The molecule has 1 aliphatic heterocycles. The van der Waals surface area contributed by atoms with Crippen LogP contribution in [0.2, 0.25) is 0 Å². The Kier molecular flexibility index (Phi) is 4.08. The number of benzene rings is 1. The van der Waals surface area contributed by atoms with Gasteiger partial charge in [0.05, 0.1) is 5.56 Å². The molecule has 2 N–H and O–H groups in total. The lowest BCUT2D eigenvalue weighted by atomic mass is 9.87. The van der Waals surface area contributed by atoms with Crippen molar-refractivity contribution >= 4 is 17.3 Å². The molecule has 0 radical (unpaired) electrons. The van der Waals surface area contributed by atoms with Crippen LogP contribution in [0, 0.1) is 6.92 Å². The zero-order valence-electron chi connectivity index (χ0n) is 12.0. The van der Waals surface area contributed by atoms with Crippen molar-refractivity contribution in [1.82, 2.24) is 5.32 Å². The summed E-state index contributed by atoms with van der Waals surface area (Å²) >= 11 is 1.89. The monoisotopic (exact) mass is 301 g/mol. The summed E-state index contributed by atoms with van der Waals surface area (Å²) in [4.78, 5) is 13.8. The van der Waals surface area contributed by atoms with Crippen molar-refractivity contribution in [1.29, 1.82) is 0 Å². The first-order valence-electron chi connectivity index (χ1n) is 7.26. The van der Waals surface area contributed by atoms with Gasteiger partial charge < -0.3 is 10.4 Å². The number of aromatic carboxylic acids is 1. The van der Waals surface area contributed by atoms with Crippen LogP contribution in [-0.4, -0.2) is 17.6 Å². The van der Waals surface area contributed by atoms with Crippen molar-refractivity contribution in [2.45, 2.75) is 31.7 Å². The van der Waals surface area contributed by atoms with E-state index in [1.54, 1.807) is 12.1 Å². The van der Waals surface area contributed by atoms with Crippen LogP contribution in [0.25, 0.3) is 0 Å². The second-order valence-corrected chi connectivity index (χ2v) is 6.92. The molecule has 1 fully saturated rings. The predicted octanol–water partition coefficient (Wildman–Crippen LogP) is 3.96. The number of aryl methyl sites for hydroxylation is 1. The Labute approximate surface area is 128 Å². The van der Waals surface area contributed by atoms with Crippen molar-refractivity contribution < 1.29 is 9.90 Å². The fraction of sp³-hybridized carbons (Fsp3) is 0.353. The number of carboxylic acid groups (broad SMARTS) is 1. The van der Waals surface area contributed by atoms with Gasteiger partial charge in [0.1, 0.15) is 0 Å². The van der Waals surface area contributed by atoms with Gasteiger partial charge in [0.15, 0.2) is 0 Å². The molecular weight excluding hydrogens is 282 g/mol. The number of carboxylic acids is 1. The van der Waals surface area contributed by atoms with Crippen LogP contribution < -0.4 is 5.32 Å². The summed E-state index contributed by atoms with van der Waals surface area (Å²) in [5, 5.41) is 12.5. The Morgan fingerprint density at radius 3 is 2.62 bits per heavy atom. The molecule has 1 aromatic heterocycles. The van der Waals surface area contributed by atoms with E-state index in [9.17, 15) is 4.79 Å². The molecule has 4 heteroatoms. The van der Waals surface area contributed by atoms with Crippen LogP contribution in [0.4, 0.5) is 0 Å². The van der Waals surface area contributed by atoms with Crippen molar-refractivity contribution in [3.63, 3.8) is 0 Å². The molecule has 3 nitrogen and oxygen atoms in total. The van der Waals surface area contributed by atoms with E-state index in [0.29, 0.717) is 17.5 Å². The van der Waals surface area contributed by atoms with Crippen molar-refractivity contribution in [3.8, 4) is 0 Å². The van der Waals surface area contributed by atoms with Crippen LogP contribution >= 0.6 is 11.3 Å². The smallest absolute Gasteiger partial charge is 0.335 e. The van der Waals surface area contributed by atoms with Crippen LogP contribution in [-0.2, 0) is 0 Å². The molecule has 0 saturated carbocycles. The van der Waals surface area contributed by atoms with E-state index in [-0.39, 0.29) is 0 Å². The quantitative estimate of drug-likeness (QED) is 0.902. The first-order valence-corrected chi connectivity index (χ1v) is 8.08. The molecule has 1 aromatic carbocycles. The Hall–Kier alpha value is -1.65. The highest BCUT2D eigenvalue weighted by Gasteiger charge is 2.24. The molecule has 0 spiro atoms. The van der Waals surface area contributed by atoms with Gasteiger partial charge in [-0.15, -0.1) is 11.3 Å². The summed E-state index contributed by atoms with van der Waals surface area (Å²) in [6.45, 7) is 3.16. The van der Waals surface area contributed by atoms with Crippen molar-refractivity contribution in [3.05, 3.63) is 57.3 Å². The number of nitrogens with one attached hydrogen (secondary N) is 1. The molecule has 2 aromatic rings. The number of hydrogen-bond acceptors (Lipinski definition) is 3. The average Bonchev–Trinajstić information content (AvgIpc) is 2.94. The van der Waals surface area contributed by atoms with E-state index in [1.165, 1.54) is 21.7 Å². The summed E-state index contributed by atoms with van der Waals surface area (Å²) in [6.07, 6.45) is 2.25. The number of carbonyl (C=O) groups is 1. The second kappa shape index (κ2) is 6.00. The lowest BCUT2D eigenvalue weighted by Crippen LogP contribution is -2.30. The third kappa shape index (κ3) is 3.17. The summed E-state index contributed by atoms with van der Waals surface area (Å²) in [5.74, 6) is -0.265. The predicted molar refractivity (Wildman–Crippen MR) is 85.2 cm³/mol. The lowest BCUT2D eigenvalue weighted by Gasteiger charge is -2.30. The minimum absolute atomic E-state index is 0.314. The zero-order chi connectivity index (χ0) is 14.8. The van der Waals surface area contributed by atoms with Gasteiger partial charge in [-0.05, 0) is 62.1 Å².